The number of amides is 2. The summed E-state index contributed by atoms with van der Waals surface area (Å²) in [5, 5.41) is 5.00. The summed E-state index contributed by atoms with van der Waals surface area (Å²) in [6.07, 6.45) is 0.307. The number of ether oxygens (including phenoxy) is 2. The molecule has 0 bridgehead atoms. The van der Waals surface area contributed by atoms with Gasteiger partial charge in [0.15, 0.2) is 11.5 Å². The van der Waals surface area contributed by atoms with Crippen LogP contribution in [0.15, 0.2) is 42.5 Å². The molecule has 0 aliphatic carbocycles. The Bertz CT molecular complexity index is 780. The van der Waals surface area contributed by atoms with E-state index in [2.05, 4.69) is 10.6 Å². The number of nitrogens with one attached hydrogen (secondary N) is 2. The van der Waals surface area contributed by atoms with Crippen LogP contribution in [-0.4, -0.2) is 32.6 Å². The zero-order chi connectivity index (χ0) is 18.9. The van der Waals surface area contributed by atoms with Gasteiger partial charge in [0.1, 0.15) is 5.82 Å². The second kappa shape index (κ2) is 9.41. The average molecular weight is 360 g/mol. The van der Waals surface area contributed by atoms with Gasteiger partial charge in [0.2, 0.25) is 0 Å². The fourth-order valence-corrected chi connectivity index (χ4v) is 2.35. The van der Waals surface area contributed by atoms with Crippen molar-refractivity contribution >= 4 is 11.8 Å². The quantitative estimate of drug-likeness (QED) is 0.739. The first kappa shape index (κ1) is 19.2. The fraction of sp³-hybridized carbons (Fsp3) is 0.263. The van der Waals surface area contributed by atoms with Crippen LogP contribution < -0.4 is 20.1 Å². The number of rotatable bonds is 7. The molecule has 2 aromatic carbocycles. The van der Waals surface area contributed by atoms with Crippen LogP contribution in [0.2, 0.25) is 0 Å². The zero-order valence-electron chi connectivity index (χ0n) is 14.7. The molecule has 0 saturated carbocycles. The summed E-state index contributed by atoms with van der Waals surface area (Å²) >= 11 is 0. The lowest BCUT2D eigenvalue weighted by molar-refractivity contribution is -0.139. The summed E-state index contributed by atoms with van der Waals surface area (Å²) in [6, 6.07) is 11.5. The van der Waals surface area contributed by atoms with E-state index >= 15 is 0 Å². The molecule has 0 spiro atoms. The summed E-state index contributed by atoms with van der Waals surface area (Å²) < 4.78 is 23.8. The predicted molar refractivity (Wildman–Crippen MR) is 94.5 cm³/mol. The van der Waals surface area contributed by atoms with E-state index in [1.54, 1.807) is 36.4 Å². The third-order valence-corrected chi connectivity index (χ3v) is 3.74. The molecule has 6 nitrogen and oxygen atoms in total. The normalized spacial score (nSPS) is 10.1. The highest BCUT2D eigenvalue weighted by Crippen LogP contribution is 2.27. The van der Waals surface area contributed by atoms with Crippen molar-refractivity contribution in [2.75, 3.05) is 20.8 Å². The van der Waals surface area contributed by atoms with E-state index < -0.39 is 11.8 Å². The van der Waals surface area contributed by atoms with Gasteiger partial charge in [-0.05, 0) is 35.7 Å². The van der Waals surface area contributed by atoms with Gasteiger partial charge in [-0.1, -0.05) is 24.3 Å². The predicted octanol–water partition coefficient (Wildman–Crippen LogP) is 1.82. The first-order valence-electron chi connectivity index (χ1n) is 8.05. The summed E-state index contributed by atoms with van der Waals surface area (Å²) in [7, 11) is 3.05. The Labute approximate surface area is 151 Å². The molecule has 2 rings (SSSR count). The van der Waals surface area contributed by atoms with Crippen LogP contribution in [0.5, 0.6) is 11.5 Å². The van der Waals surface area contributed by atoms with Crippen LogP contribution in [0, 0.1) is 5.82 Å². The molecule has 0 heterocycles. The molecule has 0 aliphatic rings. The lowest BCUT2D eigenvalue weighted by atomic mass is 10.1. The summed E-state index contributed by atoms with van der Waals surface area (Å²) in [5.41, 5.74) is 1.24. The molecule has 2 N–H and O–H groups in total. The average Bonchev–Trinajstić information content (AvgIpc) is 2.67. The Morgan fingerprint density at radius 1 is 0.962 bits per heavy atom. The standard InChI is InChI=1S/C19H21FN2O4/c1-25-16-8-7-13(11-17(16)26-2)12-22-19(24)18(23)21-10-9-14-5-3-4-6-15(14)20/h3-8,11H,9-10,12H2,1-2H3,(H,21,23)(H,22,24). The molecular formula is C19H21FN2O4. The van der Waals surface area contributed by atoms with E-state index in [0.29, 0.717) is 23.5 Å². The van der Waals surface area contributed by atoms with Crippen molar-refractivity contribution in [1.82, 2.24) is 10.6 Å². The van der Waals surface area contributed by atoms with Crippen LogP contribution in [0.4, 0.5) is 4.39 Å². The molecule has 2 amide bonds. The third kappa shape index (κ3) is 5.20. The Hall–Kier alpha value is -3.09. The minimum Gasteiger partial charge on any atom is -0.493 e. The Balaban J connectivity index is 1.80. The van der Waals surface area contributed by atoms with Crippen LogP contribution in [-0.2, 0) is 22.6 Å². The minimum atomic E-state index is -0.762. The summed E-state index contributed by atoms with van der Waals surface area (Å²) in [5.74, 6) is -0.739. The van der Waals surface area contributed by atoms with Crippen molar-refractivity contribution in [2.24, 2.45) is 0 Å². The highest BCUT2D eigenvalue weighted by atomic mass is 19.1. The number of carbonyl (C=O) groups is 2. The number of benzene rings is 2. The van der Waals surface area contributed by atoms with Gasteiger partial charge in [0.25, 0.3) is 0 Å². The van der Waals surface area contributed by atoms with Gasteiger partial charge in [0.05, 0.1) is 14.2 Å². The van der Waals surface area contributed by atoms with E-state index in [0.717, 1.165) is 5.56 Å². The molecule has 0 saturated heterocycles. The number of halogens is 1. The number of methoxy groups -OCH3 is 2. The second-order valence-electron chi connectivity index (χ2n) is 5.47. The van der Waals surface area contributed by atoms with Gasteiger partial charge in [-0.15, -0.1) is 0 Å². The molecule has 0 unspecified atom stereocenters. The van der Waals surface area contributed by atoms with Crippen LogP contribution >= 0.6 is 0 Å². The highest BCUT2D eigenvalue weighted by molar-refractivity contribution is 6.35. The van der Waals surface area contributed by atoms with Gasteiger partial charge in [-0.3, -0.25) is 9.59 Å². The second-order valence-corrected chi connectivity index (χ2v) is 5.47. The maximum Gasteiger partial charge on any atom is 0.309 e. The highest BCUT2D eigenvalue weighted by Gasteiger charge is 2.13. The number of hydrogen-bond donors (Lipinski definition) is 2. The van der Waals surface area contributed by atoms with E-state index in [4.69, 9.17) is 9.47 Å². The molecule has 0 aromatic heterocycles. The topological polar surface area (TPSA) is 76.7 Å². The van der Waals surface area contributed by atoms with Crippen molar-refractivity contribution in [3.05, 3.63) is 59.4 Å². The molecule has 0 atom stereocenters. The molecule has 138 valence electrons. The smallest absolute Gasteiger partial charge is 0.309 e. The molecule has 26 heavy (non-hydrogen) atoms. The van der Waals surface area contributed by atoms with Crippen molar-refractivity contribution < 1.29 is 23.5 Å². The van der Waals surface area contributed by atoms with E-state index in [-0.39, 0.29) is 18.9 Å². The summed E-state index contributed by atoms with van der Waals surface area (Å²) in [4.78, 5) is 23.7. The first-order valence-corrected chi connectivity index (χ1v) is 8.05. The molecule has 7 heteroatoms. The maximum atomic E-state index is 13.5. The maximum absolute atomic E-state index is 13.5. The SMILES string of the molecule is COc1ccc(CNC(=O)C(=O)NCCc2ccccc2F)cc1OC. The van der Waals surface area contributed by atoms with E-state index in [1.807, 2.05) is 0 Å². The lowest BCUT2D eigenvalue weighted by Crippen LogP contribution is -2.40. The number of carbonyl (C=O) groups excluding carboxylic acids is 2. The lowest BCUT2D eigenvalue weighted by Gasteiger charge is -2.10. The minimum absolute atomic E-state index is 0.167. The van der Waals surface area contributed by atoms with Gasteiger partial charge >= 0.3 is 11.8 Å². The molecule has 0 aliphatic heterocycles. The molecule has 0 fully saturated rings. The Morgan fingerprint density at radius 2 is 1.65 bits per heavy atom. The van der Waals surface area contributed by atoms with E-state index in [9.17, 15) is 14.0 Å². The first-order chi connectivity index (χ1) is 12.5. The Kier molecular flexibility index (Phi) is 6.96. The zero-order valence-corrected chi connectivity index (χ0v) is 14.7. The van der Waals surface area contributed by atoms with Crippen molar-refractivity contribution in [1.29, 1.82) is 0 Å². The fourth-order valence-electron chi connectivity index (χ4n) is 2.35. The number of hydrogen-bond acceptors (Lipinski definition) is 4. The van der Waals surface area contributed by atoms with Crippen LogP contribution in [0.25, 0.3) is 0 Å². The van der Waals surface area contributed by atoms with Crippen molar-refractivity contribution in [3.63, 3.8) is 0 Å². The van der Waals surface area contributed by atoms with Gasteiger partial charge in [-0.2, -0.15) is 0 Å². The molecule has 2 aromatic rings. The molecule has 0 radical (unpaired) electrons. The third-order valence-electron chi connectivity index (χ3n) is 3.74. The largest absolute Gasteiger partial charge is 0.493 e. The van der Waals surface area contributed by atoms with Gasteiger partial charge < -0.3 is 20.1 Å². The van der Waals surface area contributed by atoms with Gasteiger partial charge in [0, 0.05) is 13.1 Å². The molecular weight excluding hydrogens is 339 g/mol. The van der Waals surface area contributed by atoms with Gasteiger partial charge in [-0.25, -0.2) is 4.39 Å². The van der Waals surface area contributed by atoms with Crippen LogP contribution in [0.3, 0.4) is 0 Å². The van der Waals surface area contributed by atoms with Crippen molar-refractivity contribution in [2.45, 2.75) is 13.0 Å². The van der Waals surface area contributed by atoms with Crippen molar-refractivity contribution in [3.8, 4) is 11.5 Å². The monoisotopic (exact) mass is 360 g/mol. The van der Waals surface area contributed by atoms with E-state index in [1.165, 1.54) is 20.3 Å². The summed E-state index contributed by atoms with van der Waals surface area (Å²) in [6.45, 7) is 0.337. The Morgan fingerprint density at radius 3 is 2.35 bits per heavy atom. The van der Waals surface area contributed by atoms with Crippen LogP contribution in [0.1, 0.15) is 11.1 Å².